The van der Waals surface area contributed by atoms with Gasteiger partial charge in [-0.2, -0.15) is 0 Å². The highest BCUT2D eigenvalue weighted by molar-refractivity contribution is 6.31. The fraction of sp³-hybridized carbons (Fsp3) is 0.149. The van der Waals surface area contributed by atoms with E-state index in [1.807, 2.05) is 0 Å². The smallest absolute Gasteiger partial charge is 0.0543 e. The van der Waals surface area contributed by atoms with Gasteiger partial charge in [0.15, 0.2) is 0 Å². The average Bonchev–Trinajstić information content (AvgIpc) is 0.712. The van der Waals surface area contributed by atoms with E-state index in [9.17, 15) is 0 Å². The highest BCUT2D eigenvalue weighted by Crippen LogP contribution is 2.55. The van der Waals surface area contributed by atoms with Crippen LogP contribution in [0.1, 0.15) is 111 Å². The van der Waals surface area contributed by atoms with E-state index in [-0.39, 0.29) is 23.7 Å². The Labute approximate surface area is 577 Å². The predicted molar refractivity (Wildman–Crippen MR) is 423 cm³/mol. The molecular formula is C94H82N4. The molecule has 2 atom stereocenters. The Morgan fingerprint density at radius 3 is 0.694 bits per heavy atom. The van der Waals surface area contributed by atoms with Gasteiger partial charge in [0.05, 0.1) is 22.7 Å². The van der Waals surface area contributed by atoms with Crippen LogP contribution in [0.4, 0.5) is 68.2 Å². The number of nitrogens with zero attached hydrogens (tertiary/aromatic N) is 4. The van der Waals surface area contributed by atoms with Crippen LogP contribution in [0.25, 0.3) is 64.6 Å². The van der Waals surface area contributed by atoms with E-state index in [2.05, 4.69) is 378 Å². The summed E-state index contributed by atoms with van der Waals surface area (Å²) in [6, 6.07) is 113. The molecule has 0 aliphatic rings. The van der Waals surface area contributed by atoms with Gasteiger partial charge in [0.2, 0.25) is 0 Å². The van der Waals surface area contributed by atoms with Gasteiger partial charge in [0, 0.05) is 67.0 Å². The number of para-hydroxylation sites is 8. The monoisotopic (exact) mass is 1270 g/mol. The molecule has 16 aromatic rings. The first-order chi connectivity index (χ1) is 48.0. The second-order valence-corrected chi connectivity index (χ2v) is 27.7. The number of benzene rings is 16. The molecule has 4 heteroatoms. The summed E-state index contributed by atoms with van der Waals surface area (Å²) in [6.45, 7) is 18.9. The number of rotatable bonds is 19. The Morgan fingerprint density at radius 2 is 0.429 bits per heavy atom. The van der Waals surface area contributed by atoms with Crippen molar-refractivity contribution >= 4 is 133 Å². The Balaban J connectivity index is 0.915. The van der Waals surface area contributed by atoms with Crippen LogP contribution in [0.3, 0.4) is 0 Å². The fourth-order valence-electron chi connectivity index (χ4n) is 16.1. The van der Waals surface area contributed by atoms with Crippen LogP contribution < -0.4 is 19.6 Å². The molecule has 0 aliphatic heterocycles. The Morgan fingerprint density at radius 1 is 0.214 bits per heavy atom. The molecule has 16 rings (SSSR count). The van der Waals surface area contributed by atoms with E-state index in [1.54, 1.807) is 0 Å². The minimum atomic E-state index is 0.162. The number of anilines is 12. The number of hydrogen-bond donors (Lipinski definition) is 0. The van der Waals surface area contributed by atoms with Crippen molar-refractivity contribution in [3.63, 3.8) is 0 Å². The van der Waals surface area contributed by atoms with Crippen LogP contribution in [-0.4, -0.2) is 0 Å². The third kappa shape index (κ3) is 10.7. The largest absolute Gasteiger partial charge is 0.310 e. The molecule has 0 radical (unpaired) electrons. The molecule has 0 aromatic heterocycles. The van der Waals surface area contributed by atoms with E-state index in [1.165, 1.54) is 132 Å². The lowest BCUT2D eigenvalue weighted by atomic mass is 9.80. The van der Waals surface area contributed by atoms with Gasteiger partial charge >= 0.3 is 0 Å². The van der Waals surface area contributed by atoms with Gasteiger partial charge in [-0.05, 0) is 236 Å². The fourth-order valence-corrected chi connectivity index (χ4v) is 16.1. The summed E-state index contributed by atoms with van der Waals surface area (Å²) in [4.78, 5) is 10.0. The van der Waals surface area contributed by atoms with Crippen molar-refractivity contribution in [1.29, 1.82) is 0 Å². The molecule has 2 unspecified atom stereocenters. The minimum absolute atomic E-state index is 0.162. The topological polar surface area (TPSA) is 13.0 Å². The molecule has 0 amide bonds. The molecule has 478 valence electrons. The maximum absolute atomic E-state index is 2.58. The van der Waals surface area contributed by atoms with Crippen molar-refractivity contribution in [1.82, 2.24) is 0 Å². The molecule has 4 nitrogen and oxygen atoms in total. The molecule has 0 bridgehead atoms. The quantitative estimate of drug-likeness (QED) is 0.0748. The number of hydrogen-bond acceptors (Lipinski definition) is 4. The van der Waals surface area contributed by atoms with Gasteiger partial charge < -0.3 is 19.6 Å². The average molecular weight is 1270 g/mol. The second-order valence-electron chi connectivity index (χ2n) is 27.7. The molecule has 0 aliphatic carbocycles. The molecule has 0 spiro atoms. The summed E-state index contributed by atoms with van der Waals surface area (Å²) < 4.78 is 0. The SMILES string of the molecule is Cc1ccccc1N(c1ccccc1)c1cc(C(C)C)c2ccc3c(N(c4ccccc4)c4ccccc4C)cc(C(C)CCC(C)c4cc(N(c5ccccc5)c5ccccc5)c5ccc6c(C(C)C)cc(N(c7ccccc7)c7ccccc7)c7ccc4c5c67)c4ccc1c2c43. The Bertz CT molecular complexity index is 5440. The summed E-state index contributed by atoms with van der Waals surface area (Å²) in [5.74, 6) is 0.839. The zero-order valence-electron chi connectivity index (χ0n) is 57.4. The lowest BCUT2D eigenvalue weighted by molar-refractivity contribution is 0.578. The molecule has 0 saturated heterocycles. The Kier molecular flexibility index (Phi) is 16.2. The summed E-state index contributed by atoms with van der Waals surface area (Å²) in [7, 11) is 0. The first-order valence-electron chi connectivity index (χ1n) is 35.2. The Hall–Kier alpha value is -11.2. The van der Waals surface area contributed by atoms with Crippen molar-refractivity contribution < 1.29 is 0 Å². The van der Waals surface area contributed by atoms with Crippen LogP contribution >= 0.6 is 0 Å². The van der Waals surface area contributed by atoms with Crippen molar-refractivity contribution in [2.75, 3.05) is 19.6 Å². The summed E-state index contributed by atoms with van der Waals surface area (Å²) in [5.41, 5.74) is 21.7. The lowest BCUT2D eigenvalue weighted by Gasteiger charge is -2.33. The van der Waals surface area contributed by atoms with Crippen LogP contribution in [0.2, 0.25) is 0 Å². The van der Waals surface area contributed by atoms with E-state index < -0.39 is 0 Å². The van der Waals surface area contributed by atoms with Crippen molar-refractivity contribution in [2.45, 2.75) is 91.9 Å². The van der Waals surface area contributed by atoms with E-state index in [4.69, 9.17) is 0 Å². The maximum Gasteiger partial charge on any atom is 0.0543 e. The van der Waals surface area contributed by atoms with Crippen LogP contribution in [-0.2, 0) is 0 Å². The first kappa shape index (κ1) is 61.7. The molecule has 0 heterocycles. The van der Waals surface area contributed by atoms with E-state index in [0.29, 0.717) is 0 Å². The molecule has 0 fully saturated rings. The second kappa shape index (κ2) is 25.7. The minimum Gasteiger partial charge on any atom is -0.310 e. The predicted octanol–water partition coefficient (Wildman–Crippen LogP) is 27.9. The molecule has 0 N–H and O–H groups in total. The summed E-state index contributed by atoms with van der Waals surface area (Å²) in [6.07, 6.45) is 1.92. The standard InChI is InChI=1S/C94H82N4/c1-61(2)81-57-87(95(67-33-15-9-16-34-67)68-35-17-10-18-36-68)77-55-51-75-83(59-88(78-53-49-73(81)91(77)93(75)78)96(69-37-19-11-20-38-69)70-39-21-12-22-40-70)63(5)47-48-64(6)84-60-90(98(72-43-25-14-26-44-72)86-46-30-28-32-66(86)8)80-54-50-74-82(62(3)4)58-89(79-56-52-76(84)94(80)92(74)79)97(71-41-23-13-24-42-71)85-45-29-27-31-65(85)7/h9-46,49-64H,47-48H2,1-8H3. The van der Waals surface area contributed by atoms with Gasteiger partial charge in [-0.3, -0.25) is 0 Å². The van der Waals surface area contributed by atoms with Crippen molar-refractivity contribution in [3.05, 3.63) is 337 Å². The molecular weight excluding hydrogens is 1190 g/mol. The van der Waals surface area contributed by atoms with E-state index in [0.717, 1.165) is 47.0 Å². The highest BCUT2D eigenvalue weighted by Gasteiger charge is 2.30. The zero-order chi connectivity index (χ0) is 66.7. The lowest BCUT2D eigenvalue weighted by Crippen LogP contribution is -2.14. The van der Waals surface area contributed by atoms with Gasteiger partial charge in [0.25, 0.3) is 0 Å². The van der Waals surface area contributed by atoms with Gasteiger partial charge in [-0.1, -0.05) is 236 Å². The van der Waals surface area contributed by atoms with Crippen molar-refractivity contribution in [2.24, 2.45) is 0 Å². The van der Waals surface area contributed by atoms with E-state index >= 15 is 0 Å². The molecule has 16 aromatic carbocycles. The maximum atomic E-state index is 2.58. The van der Waals surface area contributed by atoms with Crippen LogP contribution in [0, 0.1) is 13.8 Å². The summed E-state index contributed by atoms with van der Waals surface area (Å²) >= 11 is 0. The highest BCUT2D eigenvalue weighted by atomic mass is 15.2. The third-order valence-electron chi connectivity index (χ3n) is 20.9. The third-order valence-corrected chi connectivity index (χ3v) is 20.9. The number of aryl methyl sites for hydroxylation is 2. The summed E-state index contributed by atoms with van der Waals surface area (Å²) in [5, 5.41) is 15.5. The molecule has 0 saturated carbocycles. The molecule has 98 heavy (non-hydrogen) atoms. The van der Waals surface area contributed by atoms with Gasteiger partial charge in [-0.15, -0.1) is 0 Å². The normalized spacial score (nSPS) is 12.5. The van der Waals surface area contributed by atoms with Gasteiger partial charge in [0.1, 0.15) is 0 Å². The first-order valence-corrected chi connectivity index (χ1v) is 35.2. The zero-order valence-corrected chi connectivity index (χ0v) is 57.4. The van der Waals surface area contributed by atoms with Gasteiger partial charge in [-0.25, -0.2) is 0 Å². The van der Waals surface area contributed by atoms with Crippen LogP contribution in [0.5, 0.6) is 0 Å². The van der Waals surface area contributed by atoms with Crippen LogP contribution in [0.15, 0.2) is 303 Å². The van der Waals surface area contributed by atoms with Crippen molar-refractivity contribution in [3.8, 4) is 0 Å².